The molecular weight excluding hydrogens is 444 g/mol. The average molecular weight is 467 g/mol. The van der Waals surface area contributed by atoms with Crippen LogP contribution in [0.25, 0.3) is 0 Å². The second-order valence-corrected chi connectivity index (χ2v) is 9.61. The Bertz CT molecular complexity index is 1090. The SMILES string of the molecule is CCOC(=O)c1nnsc1NC(=O)C1CCN(S(=O)(=O)c2cccc(C(C)=O)c2)CC1. The third-order valence-electron chi connectivity index (χ3n) is 4.90. The third-order valence-corrected chi connectivity index (χ3v) is 7.43. The predicted octanol–water partition coefficient (Wildman–Crippen LogP) is 1.96. The molecule has 1 amide bonds. The van der Waals surface area contributed by atoms with Crippen molar-refractivity contribution in [3.05, 3.63) is 35.5 Å². The molecule has 0 aliphatic carbocycles. The summed E-state index contributed by atoms with van der Waals surface area (Å²) >= 11 is 0.874. The van der Waals surface area contributed by atoms with Crippen molar-refractivity contribution in [2.75, 3.05) is 25.0 Å². The van der Waals surface area contributed by atoms with Gasteiger partial charge in [0.1, 0.15) is 0 Å². The van der Waals surface area contributed by atoms with Gasteiger partial charge in [0.25, 0.3) is 0 Å². The van der Waals surface area contributed by atoms with Crippen LogP contribution in [0.4, 0.5) is 5.00 Å². The number of hydrogen-bond donors (Lipinski definition) is 1. The van der Waals surface area contributed by atoms with Crippen molar-refractivity contribution in [2.45, 2.75) is 31.6 Å². The van der Waals surface area contributed by atoms with Gasteiger partial charge in [-0.2, -0.15) is 4.31 Å². The molecule has 31 heavy (non-hydrogen) atoms. The van der Waals surface area contributed by atoms with Crippen LogP contribution < -0.4 is 5.32 Å². The number of piperidine rings is 1. The first-order chi connectivity index (χ1) is 14.7. The summed E-state index contributed by atoms with van der Waals surface area (Å²) in [7, 11) is -3.77. The Labute approximate surface area is 183 Å². The van der Waals surface area contributed by atoms with E-state index in [0.717, 1.165) is 11.5 Å². The second-order valence-electron chi connectivity index (χ2n) is 6.92. The molecule has 1 aliphatic rings. The standard InChI is InChI=1S/C19H22N4O6S2/c1-3-29-19(26)16-18(30-22-21-16)20-17(25)13-7-9-23(10-8-13)31(27,28)15-6-4-5-14(11-15)12(2)24/h4-6,11,13H,3,7-10H2,1-2H3,(H,20,25). The molecule has 12 heteroatoms. The number of amides is 1. The molecule has 0 saturated carbocycles. The predicted molar refractivity (Wildman–Crippen MR) is 112 cm³/mol. The fraction of sp³-hybridized carbons (Fsp3) is 0.421. The van der Waals surface area contributed by atoms with Gasteiger partial charge in [-0.15, -0.1) is 5.10 Å². The first kappa shape index (κ1) is 23.0. The number of hydrogen-bond acceptors (Lipinski definition) is 9. The number of Topliss-reactive ketones (excluding diaryl/α,β-unsaturated/α-hetero) is 1. The van der Waals surface area contributed by atoms with Crippen LogP contribution in [-0.4, -0.2) is 59.7 Å². The fourth-order valence-corrected chi connectivity index (χ4v) is 5.28. The Morgan fingerprint density at radius 1 is 1.26 bits per heavy atom. The quantitative estimate of drug-likeness (QED) is 0.483. The zero-order valence-corrected chi connectivity index (χ0v) is 18.7. The minimum atomic E-state index is -3.77. The molecule has 0 spiro atoms. The maximum atomic E-state index is 12.9. The lowest BCUT2D eigenvalue weighted by Gasteiger charge is -2.30. The monoisotopic (exact) mass is 466 g/mol. The largest absolute Gasteiger partial charge is 0.461 e. The van der Waals surface area contributed by atoms with E-state index in [-0.39, 0.29) is 47.0 Å². The maximum absolute atomic E-state index is 12.9. The number of rotatable bonds is 7. The summed E-state index contributed by atoms with van der Waals surface area (Å²) in [6.07, 6.45) is 0.636. The van der Waals surface area contributed by atoms with Gasteiger partial charge in [0.05, 0.1) is 11.5 Å². The zero-order valence-electron chi connectivity index (χ0n) is 17.0. The molecule has 2 aromatic rings. The number of esters is 1. The van der Waals surface area contributed by atoms with Crippen molar-refractivity contribution in [3.8, 4) is 0 Å². The van der Waals surface area contributed by atoms with Gasteiger partial charge in [0, 0.05) is 36.1 Å². The molecule has 1 N–H and O–H groups in total. The Hall–Kier alpha value is -2.70. The summed E-state index contributed by atoms with van der Waals surface area (Å²) in [5.41, 5.74) is 0.275. The minimum Gasteiger partial charge on any atom is -0.461 e. The number of ketones is 1. The van der Waals surface area contributed by atoms with Crippen LogP contribution in [0.15, 0.2) is 29.2 Å². The van der Waals surface area contributed by atoms with Crippen molar-refractivity contribution < 1.29 is 27.5 Å². The summed E-state index contributed by atoms with van der Waals surface area (Å²) in [5, 5.41) is 6.56. The highest BCUT2D eigenvalue weighted by Crippen LogP contribution is 2.27. The normalized spacial score (nSPS) is 15.4. The van der Waals surface area contributed by atoms with Gasteiger partial charge in [0.15, 0.2) is 10.8 Å². The molecule has 1 aromatic heterocycles. The number of anilines is 1. The highest BCUT2D eigenvalue weighted by molar-refractivity contribution is 7.89. The lowest BCUT2D eigenvalue weighted by atomic mass is 9.97. The second kappa shape index (κ2) is 9.62. The van der Waals surface area contributed by atoms with Crippen molar-refractivity contribution >= 4 is 44.2 Å². The van der Waals surface area contributed by atoms with Gasteiger partial charge in [-0.25, -0.2) is 13.2 Å². The van der Waals surface area contributed by atoms with Crippen LogP contribution >= 0.6 is 11.5 Å². The minimum absolute atomic E-state index is 0.0504. The van der Waals surface area contributed by atoms with Crippen molar-refractivity contribution in [1.29, 1.82) is 0 Å². The molecule has 0 radical (unpaired) electrons. The van der Waals surface area contributed by atoms with Crippen LogP contribution in [0.2, 0.25) is 0 Å². The van der Waals surface area contributed by atoms with Crippen molar-refractivity contribution in [3.63, 3.8) is 0 Å². The Kier molecular flexibility index (Phi) is 7.13. The van der Waals surface area contributed by atoms with E-state index in [0.29, 0.717) is 18.4 Å². The van der Waals surface area contributed by atoms with E-state index in [1.807, 2.05) is 0 Å². The van der Waals surface area contributed by atoms with Crippen molar-refractivity contribution in [1.82, 2.24) is 13.9 Å². The van der Waals surface area contributed by atoms with Gasteiger partial charge < -0.3 is 10.1 Å². The molecule has 3 rings (SSSR count). The first-order valence-corrected chi connectivity index (χ1v) is 11.9. The van der Waals surface area contributed by atoms with Crippen LogP contribution in [-0.2, 0) is 19.6 Å². The van der Waals surface area contributed by atoms with Gasteiger partial charge in [-0.05, 0) is 38.8 Å². The van der Waals surface area contributed by atoms with Gasteiger partial charge in [-0.1, -0.05) is 16.6 Å². The molecule has 0 unspecified atom stereocenters. The number of carbonyl (C=O) groups is 3. The third kappa shape index (κ3) is 5.14. The topological polar surface area (TPSA) is 136 Å². The first-order valence-electron chi connectivity index (χ1n) is 9.65. The van der Waals surface area contributed by atoms with Crippen molar-refractivity contribution in [2.24, 2.45) is 5.92 Å². The molecule has 0 bridgehead atoms. The van der Waals surface area contributed by atoms with Crippen LogP contribution in [0.3, 0.4) is 0 Å². The number of aromatic nitrogens is 2. The Morgan fingerprint density at radius 3 is 2.61 bits per heavy atom. The van der Waals surface area contributed by atoms with Crippen LogP contribution in [0.5, 0.6) is 0 Å². The van der Waals surface area contributed by atoms with Gasteiger partial charge >= 0.3 is 5.97 Å². The number of benzene rings is 1. The number of carbonyl (C=O) groups excluding carboxylic acids is 3. The molecule has 0 atom stereocenters. The number of nitrogens with zero attached hydrogens (tertiary/aromatic N) is 3. The maximum Gasteiger partial charge on any atom is 0.362 e. The molecular formula is C19H22N4O6S2. The van der Waals surface area contributed by atoms with E-state index in [1.165, 1.54) is 29.4 Å². The average Bonchev–Trinajstić information content (AvgIpc) is 3.22. The molecule has 1 aromatic carbocycles. The Morgan fingerprint density at radius 2 is 1.97 bits per heavy atom. The van der Waals surface area contributed by atoms with Crippen LogP contribution in [0, 0.1) is 5.92 Å². The van der Waals surface area contributed by atoms with E-state index < -0.39 is 21.9 Å². The van der Waals surface area contributed by atoms with E-state index in [2.05, 4.69) is 14.9 Å². The van der Waals surface area contributed by atoms with Gasteiger partial charge in [-0.3, -0.25) is 9.59 Å². The summed E-state index contributed by atoms with van der Waals surface area (Å²) in [6.45, 7) is 3.54. The lowest BCUT2D eigenvalue weighted by molar-refractivity contribution is -0.120. The number of nitrogens with one attached hydrogen (secondary N) is 1. The molecule has 166 valence electrons. The Balaban J connectivity index is 1.64. The van der Waals surface area contributed by atoms with E-state index in [1.54, 1.807) is 13.0 Å². The zero-order chi connectivity index (χ0) is 22.6. The van der Waals surface area contributed by atoms with E-state index >= 15 is 0 Å². The highest BCUT2D eigenvalue weighted by atomic mass is 32.2. The molecule has 10 nitrogen and oxygen atoms in total. The summed E-state index contributed by atoms with van der Waals surface area (Å²) < 4.78 is 35.7. The lowest BCUT2D eigenvalue weighted by Crippen LogP contribution is -2.41. The number of ether oxygens (including phenoxy) is 1. The van der Waals surface area contributed by atoms with Crippen LogP contribution in [0.1, 0.15) is 47.5 Å². The van der Waals surface area contributed by atoms with E-state index in [4.69, 9.17) is 4.74 Å². The van der Waals surface area contributed by atoms with E-state index in [9.17, 15) is 22.8 Å². The molecule has 2 heterocycles. The fourth-order valence-electron chi connectivity index (χ4n) is 3.20. The summed E-state index contributed by atoms with van der Waals surface area (Å²) in [5.74, 6) is -1.63. The molecule has 1 saturated heterocycles. The smallest absolute Gasteiger partial charge is 0.362 e. The highest BCUT2D eigenvalue weighted by Gasteiger charge is 2.33. The summed E-state index contributed by atoms with van der Waals surface area (Å²) in [4.78, 5) is 36.1. The van der Waals surface area contributed by atoms with Gasteiger partial charge in [0.2, 0.25) is 21.6 Å². The molecule has 1 aliphatic heterocycles. The summed E-state index contributed by atoms with van der Waals surface area (Å²) in [6, 6.07) is 5.92. The number of sulfonamides is 1. The molecule has 1 fully saturated rings.